The Balaban J connectivity index is 1.89. The summed E-state index contributed by atoms with van der Waals surface area (Å²) in [6.07, 6.45) is 12.8. The Bertz CT molecular complexity index is 305. The van der Waals surface area contributed by atoms with Gasteiger partial charge >= 0.3 is 0 Å². The van der Waals surface area contributed by atoms with Gasteiger partial charge in [0.25, 0.3) is 0 Å². The summed E-state index contributed by atoms with van der Waals surface area (Å²) in [6, 6.07) is 0.643. The summed E-state index contributed by atoms with van der Waals surface area (Å²) in [7, 11) is 0. The van der Waals surface area contributed by atoms with Crippen LogP contribution in [-0.2, 0) is 6.54 Å². The van der Waals surface area contributed by atoms with Crippen molar-refractivity contribution in [1.29, 1.82) is 0 Å². The molecule has 0 unspecified atom stereocenters. The Kier molecular flexibility index (Phi) is 4.57. The van der Waals surface area contributed by atoms with Crippen molar-refractivity contribution in [3.05, 3.63) is 12.4 Å². The van der Waals surface area contributed by atoms with Crippen LogP contribution in [0.5, 0.6) is 0 Å². The van der Waals surface area contributed by atoms with Crippen molar-refractivity contribution in [2.24, 2.45) is 0 Å². The normalized spacial score (nSPS) is 17.6. The number of aryl methyl sites for hydroxylation is 1. The number of rotatable bonds is 5. The predicted molar refractivity (Wildman–Crippen MR) is 71.1 cm³/mol. The molecule has 3 nitrogen and oxygen atoms in total. The number of hydrogen-bond donors (Lipinski definition) is 1. The van der Waals surface area contributed by atoms with E-state index in [9.17, 15) is 0 Å². The van der Waals surface area contributed by atoms with Crippen molar-refractivity contribution in [3.63, 3.8) is 0 Å². The maximum atomic E-state index is 4.41. The van der Waals surface area contributed by atoms with Crippen LogP contribution in [0.15, 0.2) is 12.4 Å². The lowest BCUT2D eigenvalue weighted by Gasteiger charge is -2.23. The van der Waals surface area contributed by atoms with Crippen LogP contribution in [0.2, 0.25) is 0 Å². The third-order valence-corrected chi connectivity index (χ3v) is 3.78. The highest BCUT2D eigenvalue weighted by atomic mass is 32.2. The second-order valence-electron chi connectivity index (χ2n) is 4.42. The molecule has 0 radical (unpaired) electrons. The maximum Gasteiger partial charge on any atom is 0.203 e. The Morgan fingerprint density at radius 1 is 1.44 bits per heavy atom. The first-order valence-corrected chi connectivity index (χ1v) is 7.56. The summed E-state index contributed by atoms with van der Waals surface area (Å²) in [6.45, 7) is 1.05. The lowest BCUT2D eigenvalue weighted by atomic mass is 9.96. The van der Waals surface area contributed by atoms with Gasteiger partial charge in [-0.2, -0.15) is 11.8 Å². The molecule has 0 amide bonds. The van der Waals surface area contributed by atoms with Crippen molar-refractivity contribution in [2.75, 3.05) is 17.3 Å². The molecule has 0 saturated heterocycles. The average Bonchev–Trinajstić information content (AvgIpc) is 2.75. The summed E-state index contributed by atoms with van der Waals surface area (Å²) >= 11 is 1.88. The van der Waals surface area contributed by atoms with Gasteiger partial charge in [-0.3, -0.25) is 0 Å². The number of hydrogen-bond acceptors (Lipinski definition) is 3. The molecule has 0 aliphatic heterocycles. The van der Waals surface area contributed by atoms with Crippen molar-refractivity contribution >= 4 is 17.7 Å². The summed E-state index contributed by atoms with van der Waals surface area (Å²) in [4.78, 5) is 4.41. The van der Waals surface area contributed by atoms with E-state index in [4.69, 9.17) is 0 Å². The van der Waals surface area contributed by atoms with E-state index in [1.165, 1.54) is 32.1 Å². The molecule has 1 aromatic rings. The SMILES string of the molecule is CSCCn1ccnc1NC1CCCCC1. The molecule has 1 aliphatic rings. The van der Waals surface area contributed by atoms with E-state index in [1.807, 2.05) is 18.0 Å². The Labute approximate surface area is 102 Å². The van der Waals surface area contributed by atoms with Gasteiger partial charge in [0.15, 0.2) is 0 Å². The van der Waals surface area contributed by atoms with Gasteiger partial charge in [-0.1, -0.05) is 19.3 Å². The van der Waals surface area contributed by atoms with Crippen LogP contribution in [0, 0.1) is 0 Å². The van der Waals surface area contributed by atoms with Gasteiger partial charge in [-0.05, 0) is 19.1 Å². The van der Waals surface area contributed by atoms with Gasteiger partial charge < -0.3 is 9.88 Å². The third kappa shape index (κ3) is 3.17. The van der Waals surface area contributed by atoms with Crippen LogP contribution in [0.25, 0.3) is 0 Å². The minimum absolute atomic E-state index is 0.643. The number of anilines is 1. The molecule has 0 atom stereocenters. The first kappa shape index (κ1) is 11.8. The molecular weight excluding hydrogens is 218 g/mol. The highest BCUT2D eigenvalue weighted by molar-refractivity contribution is 7.98. The van der Waals surface area contributed by atoms with Gasteiger partial charge in [-0.25, -0.2) is 4.98 Å². The molecule has 1 N–H and O–H groups in total. The molecule has 1 heterocycles. The van der Waals surface area contributed by atoms with E-state index >= 15 is 0 Å². The lowest BCUT2D eigenvalue weighted by molar-refractivity contribution is 0.459. The number of aromatic nitrogens is 2. The molecule has 0 spiro atoms. The molecule has 1 saturated carbocycles. The largest absolute Gasteiger partial charge is 0.353 e. The second-order valence-corrected chi connectivity index (χ2v) is 5.40. The van der Waals surface area contributed by atoms with E-state index in [0.29, 0.717) is 6.04 Å². The number of nitrogens with one attached hydrogen (secondary N) is 1. The van der Waals surface area contributed by atoms with Crippen LogP contribution >= 0.6 is 11.8 Å². The lowest BCUT2D eigenvalue weighted by Crippen LogP contribution is -2.24. The van der Waals surface area contributed by atoms with E-state index < -0.39 is 0 Å². The monoisotopic (exact) mass is 239 g/mol. The number of thioether (sulfide) groups is 1. The first-order valence-electron chi connectivity index (χ1n) is 6.17. The average molecular weight is 239 g/mol. The van der Waals surface area contributed by atoms with Gasteiger partial charge in [0.2, 0.25) is 5.95 Å². The zero-order chi connectivity index (χ0) is 11.2. The van der Waals surface area contributed by atoms with E-state index in [2.05, 4.69) is 27.3 Å². The second kappa shape index (κ2) is 6.18. The molecule has 1 aromatic heterocycles. The van der Waals surface area contributed by atoms with E-state index in [1.54, 1.807) is 0 Å². The molecule has 4 heteroatoms. The quantitative estimate of drug-likeness (QED) is 0.856. The van der Waals surface area contributed by atoms with Gasteiger partial charge in [-0.15, -0.1) is 0 Å². The van der Waals surface area contributed by atoms with E-state index in [-0.39, 0.29) is 0 Å². The zero-order valence-corrected chi connectivity index (χ0v) is 10.8. The molecule has 2 rings (SSSR count). The topological polar surface area (TPSA) is 29.9 Å². The Morgan fingerprint density at radius 3 is 3.00 bits per heavy atom. The van der Waals surface area contributed by atoms with Crippen molar-refractivity contribution in [2.45, 2.75) is 44.7 Å². The Hall–Kier alpha value is -0.640. The molecule has 16 heavy (non-hydrogen) atoms. The summed E-state index contributed by atoms with van der Waals surface area (Å²) in [5.74, 6) is 2.20. The molecular formula is C12H21N3S. The summed E-state index contributed by atoms with van der Waals surface area (Å²) < 4.78 is 2.23. The fourth-order valence-electron chi connectivity index (χ4n) is 2.25. The van der Waals surface area contributed by atoms with Crippen LogP contribution in [-0.4, -0.2) is 27.6 Å². The number of nitrogens with zero attached hydrogens (tertiary/aromatic N) is 2. The Morgan fingerprint density at radius 2 is 2.25 bits per heavy atom. The zero-order valence-electron chi connectivity index (χ0n) is 9.98. The minimum Gasteiger partial charge on any atom is -0.353 e. The fourth-order valence-corrected chi connectivity index (χ4v) is 2.63. The number of imidazole rings is 1. The van der Waals surface area contributed by atoms with Crippen molar-refractivity contribution in [1.82, 2.24) is 9.55 Å². The minimum atomic E-state index is 0.643. The van der Waals surface area contributed by atoms with Gasteiger partial charge in [0.05, 0.1) is 0 Å². The molecule has 0 bridgehead atoms. The summed E-state index contributed by atoms with van der Waals surface area (Å²) in [5, 5.41) is 3.58. The van der Waals surface area contributed by atoms with Crippen LogP contribution in [0.4, 0.5) is 5.95 Å². The van der Waals surface area contributed by atoms with Crippen molar-refractivity contribution < 1.29 is 0 Å². The predicted octanol–water partition coefficient (Wildman–Crippen LogP) is 2.99. The first-order chi connectivity index (χ1) is 7.90. The maximum absolute atomic E-state index is 4.41. The van der Waals surface area contributed by atoms with E-state index in [0.717, 1.165) is 18.2 Å². The van der Waals surface area contributed by atoms with Crippen LogP contribution in [0.3, 0.4) is 0 Å². The van der Waals surface area contributed by atoms with Crippen molar-refractivity contribution in [3.8, 4) is 0 Å². The highest BCUT2D eigenvalue weighted by Gasteiger charge is 2.14. The molecule has 90 valence electrons. The molecule has 1 aliphatic carbocycles. The van der Waals surface area contributed by atoms with Gasteiger partial charge in [0, 0.05) is 30.7 Å². The standard InChI is InChI=1S/C12H21N3S/c1-16-10-9-15-8-7-13-12(15)14-11-5-3-2-4-6-11/h7-8,11H,2-6,9-10H2,1H3,(H,13,14). The third-order valence-electron chi connectivity index (χ3n) is 3.19. The van der Waals surface area contributed by atoms with Crippen LogP contribution in [0.1, 0.15) is 32.1 Å². The van der Waals surface area contributed by atoms with Gasteiger partial charge in [0.1, 0.15) is 0 Å². The smallest absolute Gasteiger partial charge is 0.203 e. The van der Waals surface area contributed by atoms with Crippen LogP contribution < -0.4 is 5.32 Å². The molecule has 1 fully saturated rings. The highest BCUT2D eigenvalue weighted by Crippen LogP contribution is 2.20. The summed E-state index contributed by atoms with van der Waals surface area (Å²) in [5.41, 5.74) is 0. The molecule has 0 aromatic carbocycles. The fraction of sp³-hybridized carbons (Fsp3) is 0.750.